The Balaban J connectivity index is 2.56. The quantitative estimate of drug-likeness (QED) is 0.708. The number of anilines is 1. The third-order valence-electron chi connectivity index (χ3n) is 3.12. The number of nitrogen functional groups attached to an aromatic ring is 1. The third-order valence-corrected chi connectivity index (χ3v) is 3.52. The first-order valence-electron chi connectivity index (χ1n) is 5.21. The SMILES string of the molecule is Nc1cc2cccc3c2c(c1Cl)C(=O)CC3. The van der Waals surface area contributed by atoms with Gasteiger partial charge < -0.3 is 5.73 Å². The van der Waals surface area contributed by atoms with Crippen LogP contribution in [0.3, 0.4) is 0 Å². The number of rotatable bonds is 0. The van der Waals surface area contributed by atoms with Crippen LogP contribution >= 0.6 is 11.6 Å². The van der Waals surface area contributed by atoms with Gasteiger partial charge in [-0.15, -0.1) is 0 Å². The van der Waals surface area contributed by atoms with Gasteiger partial charge in [0.05, 0.1) is 10.7 Å². The Hall–Kier alpha value is -1.54. The molecule has 0 spiro atoms. The van der Waals surface area contributed by atoms with Crippen LogP contribution in [0.1, 0.15) is 22.3 Å². The first kappa shape index (κ1) is 9.67. The minimum atomic E-state index is 0.0981. The predicted molar refractivity (Wildman–Crippen MR) is 66.0 cm³/mol. The monoisotopic (exact) mass is 231 g/mol. The summed E-state index contributed by atoms with van der Waals surface area (Å²) in [6.07, 6.45) is 1.32. The maximum absolute atomic E-state index is 11.9. The van der Waals surface area contributed by atoms with Gasteiger partial charge in [-0.3, -0.25) is 4.79 Å². The molecule has 1 aliphatic rings. The summed E-state index contributed by atoms with van der Waals surface area (Å²) < 4.78 is 0. The average Bonchev–Trinajstić information content (AvgIpc) is 2.28. The van der Waals surface area contributed by atoms with Gasteiger partial charge in [-0.05, 0) is 28.8 Å². The highest BCUT2D eigenvalue weighted by Crippen LogP contribution is 2.37. The van der Waals surface area contributed by atoms with E-state index in [-0.39, 0.29) is 5.78 Å². The van der Waals surface area contributed by atoms with Crippen LogP contribution in [0.2, 0.25) is 5.02 Å². The number of nitrogens with two attached hydrogens (primary N) is 1. The number of benzene rings is 2. The number of halogens is 1. The second kappa shape index (κ2) is 3.22. The van der Waals surface area contributed by atoms with Gasteiger partial charge in [0.25, 0.3) is 0 Å². The molecule has 0 saturated carbocycles. The molecule has 0 radical (unpaired) electrons. The molecule has 2 aromatic carbocycles. The molecule has 80 valence electrons. The fourth-order valence-corrected chi connectivity index (χ4v) is 2.63. The van der Waals surface area contributed by atoms with Crippen LogP contribution in [0.15, 0.2) is 24.3 Å². The van der Waals surface area contributed by atoms with Gasteiger partial charge in [0.15, 0.2) is 5.78 Å². The molecule has 2 N–H and O–H groups in total. The zero-order valence-corrected chi connectivity index (χ0v) is 9.34. The van der Waals surface area contributed by atoms with Crippen molar-refractivity contribution in [3.8, 4) is 0 Å². The molecule has 0 heterocycles. The molecule has 3 rings (SSSR count). The number of hydrogen-bond donors (Lipinski definition) is 1. The molecule has 0 aliphatic heterocycles. The van der Waals surface area contributed by atoms with Gasteiger partial charge in [-0.1, -0.05) is 29.8 Å². The number of Topliss-reactive ketones (excluding diaryl/α,β-unsaturated/α-hetero) is 1. The normalized spacial score (nSPS) is 14.4. The maximum atomic E-state index is 11.9. The van der Waals surface area contributed by atoms with E-state index >= 15 is 0 Å². The van der Waals surface area contributed by atoms with E-state index in [1.54, 1.807) is 0 Å². The molecular weight excluding hydrogens is 222 g/mol. The summed E-state index contributed by atoms with van der Waals surface area (Å²) in [5.74, 6) is 0.0981. The summed E-state index contributed by atoms with van der Waals surface area (Å²) in [6.45, 7) is 0. The lowest BCUT2D eigenvalue weighted by atomic mass is 9.87. The molecule has 0 unspecified atom stereocenters. The highest BCUT2D eigenvalue weighted by Gasteiger charge is 2.23. The molecule has 0 amide bonds. The molecule has 1 aliphatic carbocycles. The van der Waals surface area contributed by atoms with Crippen LogP contribution in [0.25, 0.3) is 10.8 Å². The minimum absolute atomic E-state index is 0.0981. The van der Waals surface area contributed by atoms with Crippen molar-refractivity contribution < 1.29 is 4.79 Å². The Bertz CT molecular complexity index is 619. The maximum Gasteiger partial charge on any atom is 0.165 e. The first-order valence-corrected chi connectivity index (χ1v) is 5.59. The topological polar surface area (TPSA) is 43.1 Å². The van der Waals surface area contributed by atoms with E-state index in [1.165, 1.54) is 5.56 Å². The summed E-state index contributed by atoms with van der Waals surface area (Å²) in [5.41, 5.74) is 8.10. The largest absolute Gasteiger partial charge is 0.397 e. The first-order chi connectivity index (χ1) is 7.68. The Morgan fingerprint density at radius 2 is 2.06 bits per heavy atom. The van der Waals surface area contributed by atoms with Gasteiger partial charge in [0.1, 0.15) is 0 Å². The Kier molecular flexibility index (Phi) is 1.95. The van der Waals surface area contributed by atoms with E-state index in [9.17, 15) is 4.79 Å². The van der Waals surface area contributed by atoms with Crippen molar-refractivity contribution in [2.24, 2.45) is 0 Å². The summed E-state index contributed by atoms with van der Waals surface area (Å²) in [7, 11) is 0. The number of carbonyl (C=O) groups is 1. The summed E-state index contributed by atoms with van der Waals surface area (Å²) in [6, 6.07) is 7.84. The molecule has 0 saturated heterocycles. The molecule has 0 fully saturated rings. The van der Waals surface area contributed by atoms with Gasteiger partial charge in [-0.25, -0.2) is 0 Å². The standard InChI is InChI=1S/C13H10ClNO/c14-13-9(15)6-8-3-1-2-7-4-5-10(16)12(13)11(7)8/h1-3,6H,4-5,15H2. The van der Waals surface area contributed by atoms with Crippen molar-refractivity contribution in [3.63, 3.8) is 0 Å². The summed E-state index contributed by atoms with van der Waals surface area (Å²) >= 11 is 6.13. The van der Waals surface area contributed by atoms with Crippen molar-refractivity contribution >= 4 is 33.8 Å². The number of carbonyl (C=O) groups excluding carboxylic acids is 1. The lowest BCUT2D eigenvalue weighted by Crippen LogP contribution is -2.11. The zero-order valence-electron chi connectivity index (χ0n) is 8.59. The van der Waals surface area contributed by atoms with Gasteiger partial charge >= 0.3 is 0 Å². The number of ketones is 1. The highest BCUT2D eigenvalue weighted by molar-refractivity contribution is 6.38. The van der Waals surface area contributed by atoms with E-state index in [4.69, 9.17) is 17.3 Å². The molecular formula is C13H10ClNO. The third kappa shape index (κ3) is 1.17. The van der Waals surface area contributed by atoms with Gasteiger partial charge in [0, 0.05) is 12.0 Å². The molecule has 16 heavy (non-hydrogen) atoms. The lowest BCUT2D eigenvalue weighted by molar-refractivity contribution is 0.0982. The fourth-order valence-electron chi connectivity index (χ4n) is 2.37. The zero-order chi connectivity index (χ0) is 11.3. The molecule has 0 bridgehead atoms. The van der Waals surface area contributed by atoms with Crippen molar-refractivity contribution in [2.45, 2.75) is 12.8 Å². The Morgan fingerprint density at radius 3 is 2.88 bits per heavy atom. The fraction of sp³-hybridized carbons (Fsp3) is 0.154. The lowest BCUT2D eigenvalue weighted by Gasteiger charge is -2.18. The predicted octanol–water partition coefficient (Wildman–Crippen LogP) is 3.20. The van der Waals surface area contributed by atoms with Crippen molar-refractivity contribution in [2.75, 3.05) is 5.73 Å². The van der Waals surface area contributed by atoms with E-state index < -0.39 is 0 Å². The van der Waals surface area contributed by atoms with E-state index in [0.29, 0.717) is 22.7 Å². The second-order valence-electron chi connectivity index (χ2n) is 4.09. The van der Waals surface area contributed by atoms with Crippen molar-refractivity contribution in [1.82, 2.24) is 0 Å². The Labute approximate surface area is 98.0 Å². The van der Waals surface area contributed by atoms with Crippen LogP contribution in [0.5, 0.6) is 0 Å². The molecule has 0 atom stereocenters. The van der Waals surface area contributed by atoms with Gasteiger partial charge in [-0.2, -0.15) is 0 Å². The van der Waals surface area contributed by atoms with Crippen molar-refractivity contribution in [1.29, 1.82) is 0 Å². The van der Waals surface area contributed by atoms with Crippen LogP contribution in [-0.2, 0) is 6.42 Å². The van der Waals surface area contributed by atoms with Gasteiger partial charge in [0.2, 0.25) is 0 Å². The molecule has 3 heteroatoms. The van der Waals surface area contributed by atoms with Crippen molar-refractivity contribution in [3.05, 3.63) is 40.4 Å². The van der Waals surface area contributed by atoms with Crippen LogP contribution < -0.4 is 5.73 Å². The summed E-state index contributed by atoms with van der Waals surface area (Å²) in [4.78, 5) is 11.9. The number of aryl methyl sites for hydroxylation is 1. The molecule has 2 nitrogen and oxygen atoms in total. The second-order valence-corrected chi connectivity index (χ2v) is 4.47. The molecule has 0 aromatic heterocycles. The van der Waals surface area contributed by atoms with E-state index in [1.807, 2.05) is 24.3 Å². The average molecular weight is 232 g/mol. The Morgan fingerprint density at radius 1 is 1.25 bits per heavy atom. The van der Waals surface area contributed by atoms with Crippen LogP contribution in [0, 0.1) is 0 Å². The van der Waals surface area contributed by atoms with E-state index in [2.05, 4.69) is 0 Å². The summed E-state index contributed by atoms with van der Waals surface area (Å²) in [5, 5.41) is 2.39. The minimum Gasteiger partial charge on any atom is -0.397 e. The van der Waals surface area contributed by atoms with Crippen LogP contribution in [-0.4, -0.2) is 5.78 Å². The van der Waals surface area contributed by atoms with Crippen LogP contribution in [0.4, 0.5) is 5.69 Å². The highest BCUT2D eigenvalue weighted by atomic mass is 35.5. The number of hydrogen-bond acceptors (Lipinski definition) is 2. The van der Waals surface area contributed by atoms with E-state index in [0.717, 1.165) is 17.2 Å². The smallest absolute Gasteiger partial charge is 0.165 e. The molecule has 2 aromatic rings.